The first-order chi connectivity index (χ1) is 8.06. The molecule has 0 aliphatic heterocycles. The summed E-state index contributed by atoms with van der Waals surface area (Å²) >= 11 is 0. The first kappa shape index (κ1) is 11.3. The zero-order valence-corrected chi connectivity index (χ0v) is 8.58. The van der Waals surface area contributed by atoms with Crippen LogP contribution in [-0.2, 0) is 0 Å². The quantitative estimate of drug-likeness (QED) is 0.814. The van der Waals surface area contributed by atoms with E-state index in [0.717, 1.165) is 6.07 Å². The van der Waals surface area contributed by atoms with Crippen LogP contribution in [0.2, 0.25) is 0 Å². The van der Waals surface area contributed by atoms with Crippen LogP contribution in [0.3, 0.4) is 0 Å². The molecule has 0 radical (unpaired) electrons. The van der Waals surface area contributed by atoms with Crippen LogP contribution in [0, 0.1) is 17.5 Å². The lowest BCUT2D eigenvalue weighted by atomic mass is 10.2. The molecular formula is C12H8F3NO. The average Bonchev–Trinajstić information content (AvgIpc) is 2.28. The molecule has 0 heterocycles. The Hall–Kier alpha value is -2.17. The fraction of sp³-hybridized carbons (Fsp3) is 0. The van der Waals surface area contributed by atoms with Gasteiger partial charge in [-0.05, 0) is 24.3 Å². The van der Waals surface area contributed by atoms with Crippen LogP contribution in [0.25, 0.3) is 0 Å². The third kappa shape index (κ3) is 2.50. The molecule has 0 bridgehead atoms. The van der Waals surface area contributed by atoms with Crippen molar-refractivity contribution in [1.29, 1.82) is 0 Å². The van der Waals surface area contributed by atoms with Crippen LogP contribution in [0.15, 0.2) is 36.4 Å². The summed E-state index contributed by atoms with van der Waals surface area (Å²) < 4.78 is 43.8. The molecule has 2 nitrogen and oxygen atoms in total. The number of hydrogen-bond donors (Lipinski definition) is 1. The van der Waals surface area contributed by atoms with Gasteiger partial charge in [0, 0.05) is 12.1 Å². The van der Waals surface area contributed by atoms with Crippen molar-refractivity contribution in [2.45, 2.75) is 0 Å². The van der Waals surface area contributed by atoms with E-state index < -0.39 is 17.5 Å². The second kappa shape index (κ2) is 4.37. The minimum Gasteiger partial charge on any atom is -0.455 e. The molecule has 0 aromatic heterocycles. The van der Waals surface area contributed by atoms with Gasteiger partial charge in [0.2, 0.25) is 0 Å². The summed E-state index contributed by atoms with van der Waals surface area (Å²) in [5, 5.41) is 0. The Morgan fingerprint density at radius 1 is 0.882 bits per heavy atom. The molecule has 0 aliphatic carbocycles. The Balaban J connectivity index is 2.32. The topological polar surface area (TPSA) is 35.2 Å². The molecule has 0 atom stereocenters. The number of nitrogen functional groups attached to an aromatic ring is 1. The van der Waals surface area contributed by atoms with Gasteiger partial charge in [-0.2, -0.15) is 0 Å². The van der Waals surface area contributed by atoms with E-state index in [0.29, 0.717) is 6.07 Å². The maximum Gasteiger partial charge on any atom is 0.156 e. The molecule has 0 saturated carbocycles. The Kier molecular flexibility index (Phi) is 2.91. The minimum absolute atomic E-state index is 0.144. The summed E-state index contributed by atoms with van der Waals surface area (Å²) in [5.41, 5.74) is 5.09. The molecule has 0 unspecified atom stereocenters. The smallest absolute Gasteiger partial charge is 0.156 e. The lowest BCUT2D eigenvalue weighted by molar-refractivity contribution is 0.470. The Morgan fingerprint density at radius 3 is 2.18 bits per heavy atom. The van der Waals surface area contributed by atoms with E-state index in [-0.39, 0.29) is 17.2 Å². The molecule has 0 aliphatic rings. The standard InChI is InChI=1S/C12H8F3NO/c13-7-1-3-9(4-2-7)17-11-6-8(14)5-10(15)12(11)16/h1-6H,16H2. The molecule has 0 saturated heterocycles. The van der Waals surface area contributed by atoms with Gasteiger partial charge in [0.25, 0.3) is 0 Å². The van der Waals surface area contributed by atoms with Crippen LogP contribution in [0.5, 0.6) is 11.5 Å². The summed E-state index contributed by atoms with van der Waals surface area (Å²) in [6.45, 7) is 0. The summed E-state index contributed by atoms with van der Waals surface area (Å²) in [7, 11) is 0. The lowest BCUT2D eigenvalue weighted by Gasteiger charge is -2.09. The number of rotatable bonds is 2. The van der Waals surface area contributed by atoms with E-state index in [1.165, 1.54) is 24.3 Å². The van der Waals surface area contributed by atoms with Crippen LogP contribution in [0.1, 0.15) is 0 Å². The highest BCUT2D eigenvalue weighted by Crippen LogP contribution is 2.30. The minimum atomic E-state index is -0.901. The molecule has 88 valence electrons. The Morgan fingerprint density at radius 2 is 1.53 bits per heavy atom. The van der Waals surface area contributed by atoms with E-state index in [1.807, 2.05) is 0 Å². The second-order valence-corrected chi connectivity index (χ2v) is 3.36. The molecule has 0 amide bonds. The summed E-state index contributed by atoms with van der Waals surface area (Å²) in [6.07, 6.45) is 0. The maximum atomic E-state index is 13.1. The van der Waals surface area contributed by atoms with Gasteiger partial charge in [0.05, 0.1) is 0 Å². The zero-order chi connectivity index (χ0) is 12.4. The molecule has 2 aromatic rings. The van der Waals surface area contributed by atoms with Crippen molar-refractivity contribution in [3.05, 3.63) is 53.8 Å². The van der Waals surface area contributed by atoms with E-state index >= 15 is 0 Å². The first-order valence-electron chi connectivity index (χ1n) is 4.74. The number of benzene rings is 2. The predicted molar refractivity (Wildman–Crippen MR) is 57.2 cm³/mol. The van der Waals surface area contributed by atoms with Crippen LogP contribution in [0.4, 0.5) is 18.9 Å². The van der Waals surface area contributed by atoms with Crippen LogP contribution >= 0.6 is 0 Å². The van der Waals surface area contributed by atoms with Crippen molar-refractivity contribution >= 4 is 5.69 Å². The molecular weight excluding hydrogens is 231 g/mol. The molecule has 5 heteroatoms. The third-order valence-electron chi connectivity index (χ3n) is 2.10. The zero-order valence-electron chi connectivity index (χ0n) is 8.58. The number of hydrogen-bond acceptors (Lipinski definition) is 2. The highest BCUT2D eigenvalue weighted by molar-refractivity contribution is 5.55. The van der Waals surface area contributed by atoms with Gasteiger partial charge in [-0.15, -0.1) is 0 Å². The number of anilines is 1. The molecule has 2 N–H and O–H groups in total. The molecule has 0 spiro atoms. The SMILES string of the molecule is Nc1c(F)cc(F)cc1Oc1ccc(F)cc1. The van der Waals surface area contributed by atoms with E-state index in [2.05, 4.69) is 0 Å². The highest BCUT2D eigenvalue weighted by Gasteiger charge is 2.10. The van der Waals surface area contributed by atoms with Crippen LogP contribution in [-0.4, -0.2) is 0 Å². The van der Waals surface area contributed by atoms with E-state index in [4.69, 9.17) is 10.5 Å². The molecule has 2 rings (SSSR count). The van der Waals surface area contributed by atoms with Crippen molar-refractivity contribution in [2.24, 2.45) is 0 Å². The Labute approximate surface area is 95.4 Å². The summed E-state index contributed by atoms with van der Waals surface area (Å²) in [6, 6.07) is 6.62. The van der Waals surface area contributed by atoms with E-state index in [1.54, 1.807) is 0 Å². The van der Waals surface area contributed by atoms with Gasteiger partial charge in [-0.1, -0.05) is 0 Å². The van der Waals surface area contributed by atoms with Crippen LogP contribution < -0.4 is 10.5 Å². The number of halogens is 3. The fourth-order valence-corrected chi connectivity index (χ4v) is 1.28. The van der Waals surface area contributed by atoms with Gasteiger partial charge in [0.15, 0.2) is 11.6 Å². The maximum absolute atomic E-state index is 13.1. The van der Waals surface area contributed by atoms with Crippen molar-refractivity contribution in [2.75, 3.05) is 5.73 Å². The monoisotopic (exact) mass is 239 g/mol. The summed E-state index contributed by atoms with van der Waals surface area (Å²) in [4.78, 5) is 0. The Bertz CT molecular complexity index is 540. The van der Waals surface area contributed by atoms with Crippen molar-refractivity contribution in [3.63, 3.8) is 0 Å². The second-order valence-electron chi connectivity index (χ2n) is 3.36. The average molecular weight is 239 g/mol. The lowest BCUT2D eigenvalue weighted by Crippen LogP contribution is -1.97. The van der Waals surface area contributed by atoms with E-state index in [9.17, 15) is 13.2 Å². The fourth-order valence-electron chi connectivity index (χ4n) is 1.28. The van der Waals surface area contributed by atoms with Crippen molar-refractivity contribution in [3.8, 4) is 11.5 Å². The molecule has 17 heavy (non-hydrogen) atoms. The van der Waals surface area contributed by atoms with Crippen molar-refractivity contribution in [1.82, 2.24) is 0 Å². The van der Waals surface area contributed by atoms with Gasteiger partial charge >= 0.3 is 0 Å². The normalized spacial score (nSPS) is 10.3. The van der Waals surface area contributed by atoms with Gasteiger partial charge in [0.1, 0.15) is 23.1 Å². The van der Waals surface area contributed by atoms with Gasteiger partial charge in [-0.25, -0.2) is 13.2 Å². The largest absolute Gasteiger partial charge is 0.455 e. The third-order valence-corrected chi connectivity index (χ3v) is 2.10. The summed E-state index contributed by atoms with van der Waals surface area (Å²) in [5.74, 6) is -2.04. The van der Waals surface area contributed by atoms with Gasteiger partial charge in [-0.3, -0.25) is 0 Å². The van der Waals surface area contributed by atoms with Gasteiger partial charge < -0.3 is 10.5 Å². The molecule has 0 fully saturated rings. The van der Waals surface area contributed by atoms with Crippen molar-refractivity contribution < 1.29 is 17.9 Å². The first-order valence-corrected chi connectivity index (χ1v) is 4.74. The predicted octanol–water partition coefficient (Wildman–Crippen LogP) is 3.48. The molecule has 2 aromatic carbocycles. The highest BCUT2D eigenvalue weighted by atomic mass is 19.1. The number of ether oxygens (including phenoxy) is 1. The number of nitrogens with two attached hydrogens (primary N) is 1.